The van der Waals surface area contributed by atoms with E-state index in [-0.39, 0.29) is 32.4 Å². The normalized spacial score (nSPS) is 16.7. The van der Waals surface area contributed by atoms with Crippen LogP contribution in [0, 0.1) is 0 Å². The molecule has 1 aromatic heterocycles. The van der Waals surface area contributed by atoms with Crippen LogP contribution < -0.4 is 10.2 Å². The second kappa shape index (κ2) is 7.24. The Hall–Kier alpha value is -1.39. The summed E-state index contributed by atoms with van der Waals surface area (Å²) in [6.45, 7) is 7.07. The molecule has 0 saturated carbocycles. The van der Waals surface area contributed by atoms with Gasteiger partial charge in [0.1, 0.15) is 6.17 Å². The summed E-state index contributed by atoms with van der Waals surface area (Å²) in [6, 6.07) is 7.79. The van der Waals surface area contributed by atoms with Gasteiger partial charge in [0.2, 0.25) is 0 Å². The van der Waals surface area contributed by atoms with Gasteiger partial charge in [-0.05, 0) is 32.1 Å². The first-order valence-electron chi connectivity index (χ1n) is 7.88. The van der Waals surface area contributed by atoms with Crippen LogP contribution in [0.25, 0.3) is 16.6 Å². The molecule has 0 spiro atoms. The van der Waals surface area contributed by atoms with Gasteiger partial charge in [0.05, 0.1) is 23.6 Å². The third-order valence-corrected chi connectivity index (χ3v) is 3.88. The molecule has 1 aromatic carbocycles. The summed E-state index contributed by atoms with van der Waals surface area (Å²) in [5.41, 5.74) is 9.77. The minimum absolute atomic E-state index is 0. The van der Waals surface area contributed by atoms with E-state index < -0.39 is 5.60 Å². The Kier molecular flexibility index (Phi) is 5.71. The topological polar surface area (TPSA) is 81.4 Å². The molecule has 1 aliphatic heterocycles. The number of aromatic nitrogens is 1. The minimum atomic E-state index is -0.861. The second-order valence-electron chi connectivity index (χ2n) is 6.46. The average Bonchev–Trinajstić information content (AvgIpc) is 2.83. The number of aliphatic hydroxyl groups is 1. The maximum atomic E-state index is 10.3. The molecule has 6 nitrogen and oxygen atoms in total. The average molecular weight is 422 g/mol. The van der Waals surface area contributed by atoms with Crippen LogP contribution in [0.5, 0.6) is 0 Å². The second-order valence-corrected chi connectivity index (χ2v) is 6.46. The van der Waals surface area contributed by atoms with E-state index in [1.807, 2.05) is 31.2 Å². The zero-order chi connectivity index (χ0) is 16.6. The van der Waals surface area contributed by atoms with Gasteiger partial charge in [-0.3, -0.25) is 0 Å². The smallest absolute Gasteiger partial charge is 0.123 e. The summed E-state index contributed by atoms with van der Waals surface area (Å²) < 4.78 is 5.58. The Morgan fingerprint density at radius 1 is 1.38 bits per heavy atom. The van der Waals surface area contributed by atoms with Crippen LogP contribution in [0.3, 0.4) is 0 Å². The fourth-order valence-electron chi connectivity index (χ4n) is 3.00. The molecule has 2 aromatic rings. The Morgan fingerprint density at radius 2 is 2.08 bits per heavy atom. The predicted molar refractivity (Wildman–Crippen MR) is 93.3 cm³/mol. The molecule has 0 bridgehead atoms. The van der Waals surface area contributed by atoms with Crippen molar-refractivity contribution in [1.29, 1.82) is 0 Å². The number of anilines is 2. The molecule has 0 saturated heterocycles. The van der Waals surface area contributed by atoms with Crippen molar-refractivity contribution < 1.29 is 30.3 Å². The van der Waals surface area contributed by atoms with Crippen LogP contribution in [0.2, 0.25) is 0 Å². The van der Waals surface area contributed by atoms with Crippen molar-refractivity contribution in [2.45, 2.75) is 32.5 Å². The van der Waals surface area contributed by atoms with Crippen LogP contribution >= 0.6 is 0 Å². The van der Waals surface area contributed by atoms with Gasteiger partial charge in [0.25, 0.3) is 0 Å². The summed E-state index contributed by atoms with van der Waals surface area (Å²) in [5, 5.41) is 14.6. The third kappa shape index (κ3) is 3.65. The molecule has 0 radical (unpaired) electrons. The van der Waals surface area contributed by atoms with Crippen molar-refractivity contribution in [1.82, 2.24) is 4.98 Å². The zero-order valence-corrected chi connectivity index (χ0v) is 15.6. The molecule has 0 amide bonds. The molecular formula is C17H23N4O2Pd-. The van der Waals surface area contributed by atoms with E-state index in [1.54, 1.807) is 13.8 Å². The van der Waals surface area contributed by atoms with Gasteiger partial charge in [0.15, 0.2) is 0 Å². The third-order valence-electron chi connectivity index (χ3n) is 3.88. The number of ether oxygens (including phenoxy) is 1. The first-order chi connectivity index (χ1) is 10.9. The summed E-state index contributed by atoms with van der Waals surface area (Å²) in [7, 11) is 0. The van der Waals surface area contributed by atoms with Crippen LogP contribution in [0.15, 0.2) is 24.3 Å². The van der Waals surface area contributed by atoms with Crippen LogP contribution in [0.4, 0.5) is 17.2 Å². The Bertz CT molecular complexity index is 718. The monoisotopic (exact) mass is 421 g/mol. The number of fused-ring (bicyclic) bond motifs is 3. The molecule has 2 heterocycles. The van der Waals surface area contributed by atoms with Crippen molar-refractivity contribution in [2.24, 2.45) is 0 Å². The van der Waals surface area contributed by atoms with Crippen molar-refractivity contribution in [3.8, 4) is 0 Å². The molecule has 1 aliphatic rings. The molecule has 0 aliphatic carbocycles. The van der Waals surface area contributed by atoms with Crippen molar-refractivity contribution >= 4 is 28.1 Å². The fraction of sp³-hybridized carbons (Fsp3) is 0.471. The van der Waals surface area contributed by atoms with E-state index in [0.717, 1.165) is 16.6 Å². The maximum absolute atomic E-state index is 10.3. The molecule has 134 valence electrons. The summed E-state index contributed by atoms with van der Waals surface area (Å²) in [5.74, 6) is 0.221. The number of hydrogen-bond donors (Lipinski definition) is 2. The molecule has 3 rings (SSSR count). The van der Waals surface area contributed by atoms with Crippen LogP contribution in [-0.2, 0) is 25.2 Å². The summed E-state index contributed by atoms with van der Waals surface area (Å²) >= 11 is 0. The number of nitrogens with one attached hydrogen (secondary N) is 2. The predicted octanol–water partition coefficient (Wildman–Crippen LogP) is 3.28. The largest absolute Gasteiger partial charge is 0.480 e. The minimum Gasteiger partial charge on any atom is -0.480 e. The van der Waals surface area contributed by atoms with E-state index in [4.69, 9.17) is 10.5 Å². The van der Waals surface area contributed by atoms with Gasteiger partial charge in [-0.1, -0.05) is 24.3 Å². The van der Waals surface area contributed by atoms with Gasteiger partial charge in [0, 0.05) is 39.0 Å². The number of para-hydroxylation sites is 1. The van der Waals surface area contributed by atoms with E-state index in [1.165, 1.54) is 0 Å². The molecule has 24 heavy (non-hydrogen) atoms. The van der Waals surface area contributed by atoms with E-state index >= 15 is 0 Å². The van der Waals surface area contributed by atoms with Gasteiger partial charge >= 0.3 is 0 Å². The number of rotatable bonds is 5. The van der Waals surface area contributed by atoms with E-state index in [0.29, 0.717) is 25.4 Å². The van der Waals surface area contributed by atoms with Gasteiger partial charge in [-0.25, -0.2) is 0 Å². The van der Waals surface area contributed by atoms with Crippen molar-refractivity contribution in [3.63, 3.8) is 0 Å². The standard InChI is InChI=1S/C17H23N4O2.Pd/c1-4-23-9-13-20-14-15(21(13)10-17(2,3)22)11-7-5-6-8-12(11)19-16(14)18;/h5-8,13,20,22H,4,9-10H2,1-3H3,(H-,18,19);/q-1;. The first-order valence-corrected chi connectivity index (χ1v) is 7.88. The Balaban J connectivity index is 0.00000208. The molecule has 7 heteroatoms. The number of hydrogen-bond acceptors (Lipinski definition) is 5. The SMILES string of the molecule is CCOCC1Nc2c([NH-])nc3ccccc3c2N1CC(C)(C)O.[Pd]. The van der Waals surface area contributed by atoms with Crippen molar-refractivity contribution in [3.05, 3.63) is 30.0 Å². The van der Waals surface area contributed by atoms with Crippen LogP contribution in [-0.4, -0.2) is 41.6 Å². The van der Waals surface area contributed by atoms with E-state index in [2.05, 4.69) is 15.2 Å². The first kappa shape index (κ1) is 18.9. The number of β-amino-alcohol motifs (C(OH)–C–C–N with tert-alkyl or cyclic N) is 1. The quantitative estimate of drug-likeness (QED) is 0.724. The number of pyridine rings is 1. The van der Waals surface area contributed by atoms with Gasteiger partial charge in [-0.15, -0.1) is 0 Å². The number of benzene rings is 1. The Morgan fingerprint density at radius 3 is 2.75 bits per heavy atom. The van der Waals surface area contributed by atoms with Gasteiger partial charge < -0.3 is 30.8 Å². The fourth-order valence-corrected chi connectivity index (χ4v) is 3.00. The summed E-state index contributed by atoms with van der Waals surface area (Å²) in [6.07, 6.45) is -0.118. The molecular weight excluding hydrogens is 399 g/mol. The number of nitrogens with zero attached hydrogens (tertiary/aromatic N) is 2. The van der Waals surface area contributed by atoms with Crippen molar-refractivity contribution in [2.75, 3.05) is 30.0 Å². The molecule has 1 unspecified atom stereocenters. The Labute approximate surface area is 156 Å². The molecule has 1 atom stereocenters. The van der Waals surface area contributed by atoms with E-state index in [9.17, 15) is 5.11 Å². The van der Waals surface area contributed by atoms with Crippen LogP contribution in [0.1, 0.15) is 20.8 Å². The zero-order valence-electron chi connectivity index (χ0n) is 14.1. The summed E-state index contributed by atoms with van der Waals surface area (Å²) in [4.78, 5) is 6.46. The van der Waals surface area contributed by atoms with Gasteiger partial charge in [-0.2, -0.15) is 0 Å². The molecule has 3 N–H and O–H groups in total. The maximum Gasteiger partial charge on any atom is 0.123 e. The molecule has 0 fully saturated rings.